The number of hydrogen-bond donors (Lipinski definition) is 0. The number of nitrogens with zero attached hydrogens (tertiary/aromatic N) is 1. The maximum absolute atomic E-state index is 12.7. The molecule has 1 saturated heterocycles. The molecule has 2 aromatic carbocycles. The van der Waals surface area contributed by atoms with Gasteiger partial charge in [-0.1, -0.05) is 61.7 Å². The first-order valence-electron chi connectivity index (χ1n) is 9.53. The second-order valence-corrected chi connectivity index (χ2v) is 10.1. The van der Waals surface area contributed by atoms with Crippen LogP contribution < -0.4 is 0 Å². The van der Waals surface area contributed by atoms with Crippen LogP contribution in [0.25, 0.3) is 10.8 Å². The van der Waals surface area contributed by atoms with Crippen LogP contribution in [0.1, 0.15) is 37.7 Å². The zero-order valence-electron chi connectivity index (χ0n) is 14.9. The van der Waals surface area contributed by atoms with Gasteiger partial charge in [-0.15, -0.1) is 0 Å². The largest absolute Gasteiger partial charge is 0.340 e. The summed E-state index contributed by atoms with van der Waals surface area (Å²) in [6.07, 6.45) is 5.09. The summed E-state index contributed by atoms with van der Waals surface area (Å²) in [6, 6.07) is 14.0. The minimum atomic E-state index is -3.09. The van der Waals surface area contributed by atoms with Crippen LogP contribution in [0.15, 0.2) is 42.5 Å². The quantitative estimate of drug-likeness (QED) is 0.828. The number of hydrogen-bond acceptors (Lipinski definition) is 3. The van der Waals surface area contributed by atoms with Gasteiger partial charge in [0.15, 0.2) is 9.84 Å². The second-order valence-electron chi connectivity index (χ2n) is 7.58. The van der Waals surface area contributed by atoms with Crippen molar-refractivity contribution in [2.24, 2.45) is 0 Å². The summed E-state index contributed by atoms with van der Waals surface area (Å²) in [6.45, 7) is 0.727. The third-order valence-electron chi connectivity index (χ3n) is 5.90. The topological polar surface area (TPSA) is 54.5 Å². The predicted octanol–water partition coefficient (Wildman–Crippen LogP) is 3.34. The number of sulfone groups is 1. The molecular weight excluding hydrogens is 346 g/mol. The zero-order chi connectivity index (χ0) is 18.1. The molecule has 0 N–H and O–H groups in total. The molecule has 0 aromatic heterocycles. The number of carbonyl (C=O) groups is 1. The van der Waals surface area contributed by atoms with E-state index in [1.165, 1.54) is 0 Å². The van der Waals surface area contributed by atoms with Crippen molar-refractivity contribution in [2.45, 2.75) is 49.0 Å². The van der Waals surface area contributed by atoms with Gasteiger partial charge in [0.2, 0.25) is 5.91 Å². The van der Waals surface area contributed by atoms with Gasteiger partial charge < -0.3 is 4.90 Å². The maximum Gasteiger partial charge on any atom is 0.227 e. The molecule has 1 aliphatic carbocycles. The Bertz CT molecular complexity index is 905. The van der Waals surface area contributed by atoms with E-state index in [9.17, 15) is 13.2 Å². The van der Waals surface area contributed by atoms with E-state index in [-0.39, 0.29) is 16.4 Å². The lowest BCUT2D eigenvalue weighted by molar-refractivity contribution is -0.133. The van der Waals surface area contributed by atoms with Crippen LogP contribution >= 0.6 is 0 Å². The molecule has 0 bridgehead atoms. The molecule has 5 heteroatoms. The molecule has 1 saturated carbocycles. The molecule has 0 spiro atoms. The van der Waals surface area contributed by atoms with Gasteiger partial charge in [0.05, 0.1) is 16.9 Å². The van der Waals surface area contributed by atoms with E-state index in [2.05, 4.69) is 0 Å². The molecule has 26 heavy (non-hydrogen) atoms. The molecule has 0 unspecified atom stereocenters. The number of fused-ring (bicyclic) bond motifs is 1. The highest BCUT2D eigenvalue weighted by Crippen LogP contribution is 2.30. The first kappa shape index (κ1) is 17.5. The minimum Gasteiger partial charge on any atom is -0.340 e. The number of amides is 1. The summed E-state index contributed by atoms with van der Waals surface area (Å²) in [7, 11) is -3.09. The van der Waals surface area contributed by atoms with Gasteiger partial charge in [0.1, 0.15) is 0 Å². The Morgan fingerprint density at radius 2 is 1.62 bits per heavy atom. The molecule has 4 rings (SSSR count). The highest BCUT2D eigenvalue weighted by molar-refractivity contribution is 7.92. The van der Waals surface area contributed by atoms with Gasteiger partial charge >= 0.3 is 0 Å². The SMILES string of the molecule is O=C(Cc1cccc2ccccc12)N1CC(S(=O)(=O)C2CCCCC2)C1. The van der Waals surface area contributed by atoms with Crippen molar-refractivity contribution in [3.8, 4) is 0 Å². The van der Waals surface area contributed by atoms with Crippen LogP contribution in [0.3, 0.4) is 0 Å². The van der Waals surface area contributed by atoms with Crippen molar-refractivity contribution in [3.63, 3.8) is 0 Å². The molecule has 1 amide bonds. The van der Waals surface area contributed by atoms with E-state index in [1.807, 2.05) is 42.5 Å². The fourth-order valence-corrected chi connectivity index (χ4v) is 6.55. The zero-order valence-corrected chi connectivity index (χ0v) is 15.7. The Balaban J connectivity index is 1.40. The minimum absolute atomic E-state index is 0.0245. The fraction of sp³-hybridized carbons (Fsp3) is 0.476. The molecule has 138 valence electrons. The van der Waals surface area contributed by atoms with Crippen molar-refractivity contribution in [3.05, 3.63) is 48.0 Å². The smallest absolute Gasteiger partial charge is 0.227 e. The highest BCUT2D eigenvalue weighted by Gasteiger charge is 2.43. The van der Waals surface area contributed by atoms with E-state index >= 15 is 0 Å². The normalized spacial score (nSPS) is 19.5. The van der Waals surface area contributed by atoms with Crippen molar-refractivity contribution in [1.82, 2.24) is 4.90 Å². The number of likely N-dealkylation sites (tertiary alicyclic amines) is 1. The molecule has 2 aromatic rings. The van der Waals surface area contributed by atoms with Gasteiger partial charge in [-0.3, -0.25) is 4.79 Å². The van der Waals surface area contributed by atoms with Crippen LogP contribution in [0, 0.1) is 0 Å². The van der Waals surface area contributed by atoms with Crippen LogP contribution in [0.5, 0.6) is 0 Å². The molecule has 1 aliphatic heterocycles. The number of benzene rings is 2. The first-order valence-corrected chi connectivity index (χ1v) is 11.1. The van der Waals surface area contributed by atoms with Crippen molar-refractivity contribution < 1.29 is 13.2 Å². The van der Waals surface area contributed by atoms with Gasteiger partial charge in [0.25, 0.3) is 0 Å². The Labute approximate surface area is 155 Å². The van der Waals surface area contributed by atoms with Crippen molar-refractivity contribution in [2.75, 3.05) is 13.1 Å². The number of rotatable bonds is 4. The van der Waals surface area contributed by atoms with E-state index in [1.54, 1.807) is 4.90 Å². The Morgan fingerprint density at radius 3 is 2.38 bits per heavy atom. The van der Waals surface area contributed by atoms with Gasteiger partial charge in [-0.2, -0.15) is 0 Å². The fourth-order valence-electron chi connectivity index (χ4n) is 4.24. The lowest BCUT2D eigenvalue weighted by Crippen LogP contribution is -2.59. The van der Waals surface area contributed by atoms with Crippen molar-refractivity contribution in [1.29, 1.82) is 0 Å². The average Bonchev–Trinajstić information content (AvgIpc) is 2.61. The highest BCUT2D eigenvalue weighted by atomic mass is 32.2. The van der Waals surface area contributed by atoms with Gasteiger partial charge in [-0.05, 0) is 29.2 Å². The number of carbonyl (C=O) groups excluding carboxylic acids is 1. The second kappa shape index (κ2) is 7.03. The third-order valence-corrected chi connectivity index (χ3v) is 8.53. The van der Waals surface area contributed by atoms with E-state index in [0.717, 1.165) is 48.4 Å². The molecule has 0 atom stereocenters. The van der Waals surface area contributed by atoms with Gasteiger partial charge in [0, 0.05) is 13.1 Å². The summed E-state index contributed by atoms with van der Waals surface area (Å²) in [5.74, 6) is 0.0245. The molecule has 2 fully saturated rings. The van der Waals surface area contributed by atoms with E-state index in [4.69, 9.17) is 0 Å². The predicted molar refractivity (Wildman–Crippen MR) is 104 cm³/mol. The van der Waals surface area contributed by atoms with Crippen LogP contribution in [0.2, 0.25) is 0 Å². The summed E-state index contributed by atoms with van der Waals surface area (Å²) >= 11 is 0. The van der Waals surface area contributed by atoms with E-state index in [0.29, 0.717) is 19.5 Å². The summed E-state index contributed by atoms with van der Waals surface area (Å²) in [5.41, 5.74) is 1.01. The molecule has 4 nitrogen and oxygen atoms in total. The van der Waals surface area contributed by atoms with Crippen LogP contribution in [-0.4, -0.2) is 42.8 Å². The van der Waals surface area contributed by atoms with Crippen LogP contribution in [-0.2, 0) is 21.1 Å². The van der Waals surface area contributed by atoms with E-state index < -0.39 is 9.84 Å². The average molecular weight is 372 g/mol. The lowest BCUT2D eigenvalue weighted by Gasteiger charge is -2.41. The molecule has 1 heterocycles. The lowest BCUT2D eigenvalue weighted by atomic mass is 10.0. The summed E-state index contributed by atoms with van der Waals surface area (Å²) in [5, 5.41) is 1.67. The molecule has 2 aliphatic rings. The maximum atomic E-state index is 12.7. The monoisotopic (exact) mass is 371 g/mol. The Hall–Kier alpha value is -1.88. The standard InChI is InChI=1S/C21H25NO3S/c23-21(13-17-9-6-8-16-7-4-5-12-20(16)17)22-14-19(15-22)26(24,25)18-10-2-1-3-11-18/h4-9,12,18-19H,1-3,10-11,13-15H2. The first-order chi connectivity index (χ1) is 12.6. The van der Waals surface area contributed by atoms with Crippen LogP contribution in [0.4, 0.5) is 0 Å². The summed E-state index contributed by atoms with van der Waals surface area (Å²) < 4.78 is 25.5. The summed E-state index contributed by atoms with van der Waals surface area (Å²) in [4.78, 5) is 14.3. The van der Waals surface area contributed by atoms with Gasteiger partial charge in [-0.25, -0.2) is 8.42 Å². The molecule has 0 radical (unpaired) electrons. The Kier molecular flexibility index (Phi) is 4.74. The molecular formula is C21H25NO3S. The Morgan fingerprint density at radius 1 is 0.923 bits per heavy atom. The van der Waals surface area contributed by atoms with Crippen molar-refractivity contribution >= 4 is 26.5 Å². The third kappa shape index (κ3) is 3.25.